The Bertz CT molecular complexity index is 820. The summed E-state index contributed by atoms with van der Waals surface area (Å²) in [7, 11) is 0. The van der Waals surface area contributed by atoms with Crippen LogP contribution in [0.4, 0.5) is 0 Å². The molecule has 0 spiro atoms. The fraction of sp³-hybridized carbons (Fsp3) is 0.611. The number of guanidine groups is 1. The number of thiol groups is 1. The molecule has 0 aromatic carbocycles. The molecular formula is C18H32N8O8S. The van der Waals surface area contributed by atoms with E-state index in [1.54, 1.807) is 0 Å². The number of carboxylic acid groups (broad SMARTS) is 2. The summed E-state index contributed by atoms with van der Waals surface area (Å²) >= 11 is 3.96. The molecule has 16 nitrogen and oxygen atoms in total. The van der Waals surface area contributed by atoms with Crippen LogP contribution in [0.25, 0.3) is 0 Å². The average Bonchev–Trinajstić information content (AvgIpc) is 2.76. The highest BCUT2D eigenvalue weighted by Gasteiger charge is 2.30. The van der Waals surface area contributed by atoms with Crippen molar-refractivity contribution in [2.75, 3.05) is 12.3 Å². The van der Waals surface area contributed by atoms with Gasteiger partial charge in [0.25, 0.3) is 0 Å². The summed E-state index contributed by atoms with van der Waals surface area (Å²) in [6.45, 7) is 0.132. The molecule has 0 aliphatic rings. The molecule has 0 heterocycles. The molecule has 0 saturated carbocycles. The fourth-order valence-electron chi connectivity index (χ4n) is 2.59. The number of carboxylic acids is 2. The van der Waals surface area contributed by atoms with Crippen molar-refractivity contribution in [2.45, 2.75) is 56.3 Å². The maximum absolute atomic E-state index is 12.6. The lowest BCUT2D eigenvalue weighted by Crippen LogP contribution is -2.58. The van der Waals surface area contributed by atoms with E-state index in [0.29, 0.717) is 0 Å². The Morgan fingerprint density at radius 3 is 1.86 bits per heavy atom. The maximum Gasteiger partial charge on any atom is 0.326 e. The first-order valence-electron chi connectivity index (χ1n) is 10.3. The highest BCUT2D eigenvalue weighted by atomic mass is 32.1. The van der Waals surface area contributed by atoms with Crippen molar-refractivity contribution in [1.29, 1.82) is 0 Å². The summed E-state index contributed by atoms with van der Waals surface area (Å²) in [5.74, 6) is -6.78. The zero-order valence-electron chi connectivity index (χ0n) is 18.8. The number of nitrogens with zero attached hydrogens (tertiary/aromatic N) is 1. The largest absolute Gasteiger partial charge is 0.481 e. The van der Waals surface area contributed by atoms with Crippen LogP contribution in [0.5, 0.6) is 0 Å². The van der Waals surface area contributed by atoms with E-state index in [1.165, 1.54) is 0 Å². The van der Waals surface area contributed by atoms with E-state index in [4.69, 9.17) is 28.0 Å². The lowest BCUT2D eigenvalue weighted by Gasteiger charge is -2.23. The van der Waals surface area contributed by atoms with Gasteiger partial charge in [-0.15, -0.1) is 0 Å². The molecule has 0 aliphatic heterocycles. The van der Waals surface area contributed by atoms with Gasteiger partial charge >= 0.3 is 11.9 Å². The van der Waals surface area contributed by atoms with Crippen LogP contribution >= 0.6 is 12.6 Å². The predicted molar refractivity (Wildman–Crippen MR) is 126 cm³/mol. The van der Waals surface area contributed by atoms with Gasteiger partial charge < -0.3 is 49.1 Å². The van der Waals surface area contributed by atoms with Crippen LogP contribution in [0.3, 0.4) is 0 Å². The number of carbonyl (C=O) groups excluding carboxylic acids is 4. The summed E-state index contributed by atoms with van der Waals surface area (Å²) in [6.07, 6.45) is -0.974. The Morgan fingerprint density at radius 2 is 1.37 bits per heavy atom. The summed E-state index contributed by atoms with van der Waals surface area (Å²) in [5.41, 5.74) is 21.0. The SMILES string of the molecule is NC(=O)CCC(N)C(=O)NC(CC(=O)O)C(=O)NC(CS)C(=O)NC(CCCN=C(N)N)C(=O)O. The van der Waals surface area contributed by atoms with Crippen LogP contribution in [0.15, 0.2) is 4.99 Å². The van der Waals surface area contributed by atoms with Gasteiger partial charge in [0.15, 0.2) is 5.96 Å². The second-order valence-electron chi connectivity index (χ2n) is 7.36. The number of nitrogens with two attached hydrogens (primary N) is 4. The third-order valence-corrected chi connectivity index (χ3v) is 4.79. The topological polar surface area (TPSA) is 295 Å². The van der Waals surface area contributed by atoms with Gasteiger partial charge in [-0.1, -0.05) is 0 Å². The Labute approximate surface area is 206 Å². The van der Waals surface area contributed by atoms with E-state index >= 15 is 0 Å². The Hall–Kier alpha value is -3.60. The van der Waals surface area contributed by atoms with E-state index in [-0.39, 0.29) is 43.9 Å². The maximum atomic E-state index is 12.6. The highest BCUT2D eigenvalue weighted by molar-refractivity contribution is 7.80. The van der Waals surface area contributed by atoms with Gasteiger partial charge in [-0.3, -0.25) is 29.0 Å². The van der Waals surface area contributed by atoms with Crippen LogP contribution in [-0.4, -0.2) is 88.2 Å². The number of carbonyl (C=O) groups is 6. The number of aliphatic imine (C=N–C) groups is 1. The van der Waals surface area contributed by atoms with Crippen molar-refractivity contribution in [3.05, 3.63) is 0 Å². The summed E-state index contributed by atoms with van der Waals surface area (Å²) in [5, 5.41) is 25.0. The zero-order chi connectivity index (χ0) is 27.1. The van der Waals surface area contributed by atoms with Gasteiger partial charge in [0.1, 0.15) is 18.1 Å². The van der Waals surface area contributed by atoms with E-state index in [9.17, 15) is 33.9 Å². The minimum Gasteiger partial charge on any atom is -0.481 e. The number of hydrogen-bond acceptors (Lipinski definition) is 9. The van der Waals surface area contributed by atoms with Crippen LogP contribution in [0, 0.1) is 0 Å². The molecule has 4 atom stereocenters. The van der Waals surface area contributed by atoms with Gasteiger partial charge in [0.05, 0.1) is 12.5 Å². The minimum absolute atomic E-state index is 0.0218. The number of primary amides is 1. The number of rotatable bonds is 17. The number of amides is 4. The molecule has 4 unspecified atom stereocenters. The van der Waals surface area contributed by atoms with Crippen molar-refractivity contribution in [3.63, 3.8) is 0 Å². The summed E-state index contributed by atoms with van der Waals surface area (Å²) in [4.78, 5) is 74.4. The second kappa shape index (κ2) is 16.1. The summed E-state index contributed by atoms with van der Waals surface area (Å²) < 4.78 is 0. The zero-order valence-corrected chi connectivity index (χ0v) is 19.7. The smallest absolute Gasteiger partial charge is 0.326 e. The van der Waals surface area contributed by atoms with E-state index < -0.39 is 66.2 Å². The molecule has 17 heteroatoms. The minimum atomic E-state index is -1.62. The van der Waals surface area contributed by atoms with Crippen molar-refractivity contribution in [2.24, 2.45) is 27.9 Å². The molecule has 0 aliphatic carbocycles. The van der Waals surface area contributed by atoms with Gasteiger partial charge in [-0.25, -0.2) is 4.79 Å². The van der Waals surface area contributed by atoms with Crippen molar-refractivity contribution in [1.82, 2.24) is 16.0 Å². The van der Waals surface area contributed by atoms with E-state index in [0.717, 1.165) is 0 Å². The van der Waals surface area contributed by atoms with Crippen molar-refractivity contribution < 1.29 is 39.0 Å². The number of hydrogen-bond donors (Lipinski definition) is 10. The lowest BCUT2D eigenvalue weighted by atomic mass is 10.1. The third-order valence-electron chi connectivity index (χ3n) is 4.43. The van der Waals surface area contributed by atoms with Crippen molar-refractivity contribution >= 4 is 54.2 Å². The standard InChI is InChI=1S/C18H32N8O8S/c19-8(3-4-12(20)27)14(30)25-10(6-13(28)29)15(31)26-11(7-35)16(32)24-9(17(33)34)2-1-5-23-18(21)22/h8-11,35H,1-7,19H2,(H2,20,27)(H,24,32)(H,25,30)(H,26,31)(H,28,29)(H,33,34)(H4,21,22,23). The Kier molecular flexibility index (Phi) is 14.4. The molecule has 198 valence electrons. The number of nitrogens with one attached hydrogen (secondary N) is 3. The molecule has 0 saturated heterocycles. The fourth-order valence-corrected chi connectivity index (χ4v) is 2.85. The van der Waals surface area contributed by atoms with Crippen LogP contribution in [-0.2, 0) is 28.8 Å². The van der Waals surface area contributed by atoms with Gasteiger partial charge in [-0.2, -0.15) is 12.6 Å². The number of aliphatic carboxylic acids is 2. The predicted octanol–water partition coefficient (Wildman–Crippen LogP) is -4.42. The van der Waals surface area contributed by atoms with Crippen LogP contribution in [0.2, 0.25) is 0 Å². The quantitative estimate of drug-likeness (QED) is 0.0377. The highest BCUT2D eigenvalue weighted by Crippen LogP contribution is 2.03. The monoisotopic (exact) mass is 520 g/mol. The van der Waals surface area contributed by atoms with Crippen LogP contribution < -0.4 is 38.9 Å². The molecule has 0 radical (unpaired) electrons. The first-order valence-corrected chi connectivity index (χ1v) is 11.0. The molecule has 0 fully saturated rings. The molecule has 0 aromatic rings. The van der Waals surface area contributed by atoms with Gasteiger partial charge in [-0.05, 0) is 19.3 Å². The van der Waals surface area contributed by atoms with Crippen molar-refractivity contribution in [3.8, 4) is 0 Å². The molecule has 35 heavy (non-hydrogen) atoms. The molecule has 0 aromatic heterocycles. The first-order chi connectivity index (χ1) is 16.3. The first kappa shape index (κ1) is 31.4. The van der Waals surface area contributed by atoms with Gasteiger partial charge in [0, 0.05) is 18.7 Å². The lowest BCUT2D eigenvalue weighted by molar-refractivity contribution is -0.143. The third kappa shape index (κ3) is 13.6. The second-order valence-corrected chi connectivity index (χ2v) is 7.73. The average molecular weight is 521 g/mol. The van der Waals surface area contributed by atoms with E-state index in [2.05, 4.69) is 33.6 Å². The normalized spacial score (nSPS) is 13.9. The molecular weight excluding hydrogens is 488 g/mol. The van der Waals surface area contributed by atoms with E-state index in [1.807, 2.05) is 0 Å². The molecule has 4 amide bonds. The molecule has 13 N–H and O–H groups in total. The Balaban J connectivity index is 5.20. The molecule has 0 bridgehead atoms. The van der Waals surface area contributed by atoms with Crippen LogP contribution in [0.1, 0.15) is 32.1 Å². The van der Waals surface area contributed by atoms with Gasteiger partial charge in [0.2, 0.25) is 23.6 Å². The molecule has 0 rings (SSSR count). The Morgan fingerprint density at radius 1 is 0.829 bits per heavy atom. The summed E-state index contributed by atoms with van der Waals surface area (Å²) in [6, 6.07) is -5.55.